The topological polar surface area (TPSA) is 81.6 Å². The van der Waals surface area contributed by atoms with E-state index < -0.39 is 0 Å². The number of piperidine rings is 1. The Morgan fingerprint density at radius 1 is 1.04 bits per heavy atom. The zero-order valence-corrected chi connectivity index (χ0v) is 13.7. The van der Waals surface area contributed by atoms with E-state index >= 15 is 0 Å². The number of nitrogens with two attached hydrogens (primary N) is 1. The van der Waals surface area contributed by atoms with Crippen LogP contribution in [-0.2, 0) is 0 Å². The average Bonchev–Trinajstić information content (AvgIpc) is 3.08. The van der Waals surface area contributed by atoms with Crippen molar-refractivity contribution in [3.05, 3.63) is 48.5 Å². The Morgan fingerprint density at radius 2 is 1.80 bits per heavy atom. The van der Waals surface area contributed by atoms with Crippen LogP contribution in [0.25, 0.3) is 22.8 Å². The summed E-state index contributed by atoms with van der Waals surface area (Å²) in [5.41, 5.74) is 8.11. The molecule has 0 unspecified atom stereocenters. The average molecular weight is 338 g/mol. The van der Waals surface area contributed by atoms with Crippen molar-refractivity contribution in [1.82, 2.24) is 24.8 Å². The first-order chi connectivity index (χ1) is 12.2. The van der Waals surface area contributed by atoms with Gasteiger partial charge in [0.25, 0.3) is 0 Å². The van der Waals surface area contributed by atoms with E-state index in [1.165, 1.54) is 12.1 Å². The molecule has 0 aliphatic carbocycles. The molecule has 3 N–H and O–H groups in total. The van der Waals surface area contributed by atoms with Gasteiger partial charge in [-0.1, -0.05) is 0 Å². The number of hydrogen-bond donors (Lipinski definition) is 2. The Morgan fingerprint density at radius 3 is 2.52 bits per heavy atom. The number of nitrogens with zero attached hydrogens (tertiary/aromatic N) is 4. The van der Waals surface area contributed by atoms with Crippen LogP contribution in [0.4, 0.5) is 10.3 Å². The van der Waals surface area contributed by atoms with Crippen LogP contribution in [0.3, 0.4) is 0 Å². The standard InChI is InChI=1S/C18H19FN6/c19-13-3-1-12(2-4-13)16-11-25(14-5-8-21-9-6-14)17(23-16)15-7-10-22-18(20)24-15/h1-4,7,10-11,14,21H,5-6,8-9H2,(H2,20,22,24). The van der Waals surface area contributed by atoms with E-state index in [2.05, 4.69) is 19.9 Å². The lowest BCUT2D eigenvalue weighted by atomic mass is 10.1. The van der Waals surface area contributed by atoms with Crippen molar-refractivity contribution in [2.24, 2.45) is 0 Å². The van der Waals surface area contributed by atoms with Crippen LogP contribution in [0.5, 0.6) is 0 Å². The van der Waals surface area contributed by atoms with Crippen LogP contribution in [0.2, 0.25) is 0 Å². The van der Waals surface area contributed by atoms with Gasteiger partial charge in [0.1, 0.15) is 11.5 Å². The number of nitrogens with one attached hydrogen (secondary N) is 1. The van der Waals surface area contributed by atoms with Crippen molar-refractivity contribution < 1.29 is 4.39 Å². The molecule has 1 aromatic carbocycles. The zero-order chi connectivity index (χ0) is 17.2. The normalized spacial score (nSPS) is 15.4. The minimum Gasteiger partial charge on any atom is -0.368 e. The number of benzene rings is 1. The first-order valence-electron chi connectivity index (χ1n) is 8.35. The second-order valence-electron chi connectivity index (χ2n) is 6.15. The molecule has 128 valence electrons. The maximum Gasteiger partial charge on any atom is 0.220 e. The Labute approximate surface area is 144 Å². The van der Waals surface area contributed by atoms with Gasteiger partial charge in [-0.15, -0.1) is 0 Å². The number of aromatic nitrogens is 4. The number of hydrogen-bond acceptors (Lipinski definition) is 5. The molecule has 2 aromatic heterocycles. The highest BCUT2D eigenvalue weighted by molar-refractivity contribution is 5.63. The Bertz CT molecular complexity index is 868. The largest absolute Gasteiger partial charge is 0.368 e. The van der Waals surface area contributed by atoms with Crippen LogP contribution in [0, 0.1) is 5.82 Å². The first-order valence-corrected chi connectivity index (χ1v) is 8.35. The third-order valence-corrected chi connectivity index (χ3v) is 4.48. The summed E-state index contributed by atoms with van der Waals surface area (Å²) in [4.78, 5) is 13.1. The summed E-state index contributed by atoms with van der Waals surface area (Å²) in [6.07, 6.45) is 5.70. The van der Waals surface area contributed by atoms with Crippen LogP contribution in [0.1, 0.15) is 18.9 Å². The summed E-state index contributed by atoms with van der Waals surface area (Å²) in [5.74, 6) is 0.728. The number of halogens is 1. The number of nitrogen functional groups attached to an aromatic ring is 1. The molecule has 1 saturated heterocycles. The molecule has 0 saturated carbocycles. The van der Waals surface area contributed by atoms with Gasteiger partial charge in [0.05, 0.1) is 5.69 Å². The summed E-state index contributed by atoms with van der Waals surface area (Å²) in [5, 5.41) is 3.38. The molecule has 0 bridgehead atoms. The van der Waals surface area contributed by atoms with Crippen LogP contribution in [0.15, 0.2) is 42.7 Å². The maximum atomic E-state index is 13.2. The zero-order valence-electron chi connectivity index (χ0n) is 13.7. The van der Waals surface area contributed by atoms with Crippen molar-refractivity contribution >= 4 is 5.95 Å². The number of imidazole rings is 1. The fraction of sp³-hybridized carbons (Fsp3) is 0.278. The van der Waals surface area contributed by atoms with Crippen LogP contribution < -0.4 is 11.1 Å². The molecular weight excluding hydrogens is 319 g/mol. The maximum absolute atomic E-state index is 13.2. The molecule has 7 heteroatoms. The van der Waals surface area contributed by atoms with Gasteiger partial charge >= 0.3 is 0 Å². The van der Waals surface area contributed by atoms with Crippen LogP contribution in [-0.4, -0.2) is 32.6 Å². The molecule has 0 radical (unpaired) electrons. The fourth-order valence-corrected chi connectivity index (χ4v) is 3.20. The van der Waals surface area contributed by atoms with Crippen molar-refractivity contribution in [3.63, 3.8) is 0 Å². The molecule has 3 aromatic rings. The Balaban J connectivity index is 1.81. The molecule has 1 aliphatic rings. The summed E-state index contributed by atoms with van der Waals surface area (Å²) in [6, 6.07) is 8.52. The fourth-order valence-electron chi connectivity index (χ4n) is 3.20. The summed E-state index contributed by atoms with van der Waals surface area (Å²) in [7, 11) is 0. The third-order valence-electron chi connectivity index (χ3n) is 4.48. The van der Waals surface area contributed by atoms with E-state index in [9.17, 15) is 4.39 Å². The van der Waals surface area contributed by atoms with Crippen molar-refractivity contribution in [2.75, 3.05) is 18.8 Å². The van der Waals surface area contributed by atoms with Gasteiger partial charge in [-0.2, -0.15) is 0 Å². The van der Waals surface area contributed by atoms with Gasteiger partial charge in [0.2, 0.25) is 5.95 Å². The predicted molar refractivity (Wildman–Crippen MR) is 94.2 cm³/mol. The molecule has 4 rings (SSSR count). The van der Waals surface area contributed by atoms with Gasteiger partial charge in [-0.05, 0) is 56.3 Å². The van der Waals surface area contributed by atoms with Gasteiger partial charge in [-0.3, -0.25) is 0 Å². The highest BCUT2D eigenvalue weighted by atomic mass is 19.1. The highest BCUT2D eigenvalue weighted by Crippen LogP contribution is 2.30. The van der Waals surface area contributed by atoms with Crippen molar-refractivity contribution in [3.8, 4) is 22.8 Å². The Hall–Kier alpha value is -2.80. The van der Waals surface area contributed by atoms with Gasteiger partial charge < -0.3 is 15.6 Å². The van der Waals surface area contributed by atoms with E-state index in [1.807, 2.05) is 12.3 Å². The lowest BCUT2D eigenvalue weighted by Crippen LogP contribution is -2.29. The predicted octanol–water partition coefficient (Wildman–Crippen LogP) is 2.65. The summed E-state index contributed by atoms with van der Waals surface area (Å²) >= 11 is 0. The lowest BCUT2D eigenvalue weighted by Gasteiger charge is -2.25. The van der Waals surface area contributed by atoms with Crippen molar-refractivity contribution in [2.45, 2.75) is 18.9 Å². The second kappa shape index (κ2) is 6.60. The molecule has 3 heterocycles. The smallest absolute Gasteiger partial charge is 0.220 e. The van der Waals surface area contributed by atoms with E-state index in [4.69, 9.17) is 10.7 Å². The third kappa shape index (κ3) is 3.23. The highest BCUT2D eigenvalue weighted by Gasteiger charge is 2.21. The van der Waals surface area contributed by atoms with Gasteiger partial charge in [-0.25, -0.2) is 19.3 Å². The molecule has 6 nitrogen and oxygen atoms in total. The molecule has 25 heavy (non-hydrogen) atoms. The monoisotopic (exact) mass is 338 g/mol. The number of anilines is 1. The summed E-state index contributed by atoms with van der Waals surface area (Å²) in [6.45, 7) is 1.94. The molecule has 0 amide bonds. The van der Waals surface area contributed by atoms with E-state index in [0.29, 0.717) is 11.7 Å². The van der Waals surface area contributed by atoms with Gasteiger partial charge in [0.15, 0.2) is 5.82 Å². The van der Waals surface area contributed by atoms with E-state index in [0.717, 1.165) is 43.0 Å². The first kappa shape index (κ1) is 15.7. The second-order valence-corrected chi connectivity index (χ2v) is 6.15. The van der Waals surface area contributed by atoms with Crippen LogP contribution >= 0.6 is 0 Å². The SMILES string of the molecule is Nc1nccc(-c2nc(-c3ccc(F)cc3)cn2C2CCNCC2)n1. The molecular formula is C18H19FN6. The van der Waals surface area contributed by atoms with E-state index in [-0.39, 0.29) is 11.8 Å². The quantitative estimate of drug-likeness (QED) is 0.767. The lowest BCUT2D eigenvalue weighted by molar-refractivity contribution is 0.370. The minimum absolute atomic E-state index is 0.223. The molecule has 1 fully saturated rings. The molecule has 1 aliphatic heterocycles. The Kier molecular flexibility index (Phi) is 4.15. The van der Waals surface area contributed by atoms with Gasteiger partial charge in [0, 0.05) is 24.0 Å². The van der Waals surface area contributed by atoms with E-state index in [1.54, 1.807) is 18.3 Å². The summed E-state index contributed by atoms with van der Waals surface area (Å²) < 4.78 is 15.4. The number of rotatable bonds is 3. The molecule has 0 atom stereocenters. The van der Waals surface area contributed by atoms with Crippen molar-refractivity contribution in [1.29, 1.82) is 0 Å². The molecule has 0 spiro atoms. The minimum atomic E-state index is -0.259.